The Kier molecular flexibility index (Phi) is 3.76. The van der Waals surface area contributed by atoms with Crippen molar-refractivity contribution in [3.05, 3.63) is 85.0 Å². The third-order valence-corrected chi connectivity index (χ3v) is 4.75. The summed E-state index contributed by atoms with van der Waals surface area (Å²) in [7, 11) is 0. The summed E-state index contributed by atoms with van der Waals surface area (Å²) >= 11 is 0. The summed E-state index contributed by atoms with van der Waals surface area (Å²) in [5, 5.41) is 4.72. The first kappa shape index (κ1) is 16.4. The number of pyridine rings is 1. The SMILES string of the molecule is Fc1cccc(-c2cnoc2-c2c[nH]c3ccc(-c4ccncc4)cc23)c1F. The number of nitrogens with zero attached hydrogens (tertiary/aromatic N) is 2. The zero-order valence-electron chi connectivity index (χ0n) is 14.5. The highest BCUT2D eigenvalue weighted by atomic mass is 19.2. The molecule has 2 aromatic carbocycles. The second-order valence-corrected chi connectivity index (χ2v) is 6.37. The molecule has 0 spiro atoms. The fourth-order valence-electron chi connectivity index (χ4n) is 3.37. The second kappa shape index (κ2) is 6.42. The first-order valence-electron chi connectivity index (χ1n) is 8.63. The van der Waals surface area contributed by atoms with Crippen molar-refractivity contribution in [3.63, 3.8) is 0 Å². The van der Waals surface area contributed by atoms with Gasteiger partial charge in [-0.15, -0.1) is 0 Å². The van der Waals surface area contributed by atoms with Gasteiger partial charge >= 0.3 is 0 Å². The maximum atomic E-state index is 14.3. The Morgan fingerprint density at radius 3 is 2.57 bits per heavy atom. The van der Waals surface area contributed by atoms with E-state index in [-0.39, 0.29) is 5.56 Å². The number of H-pyrrole nitrogens is 1. The number of rotatable bonds is 3. The molecule has 0 saturated heterocycles. The van der Waals surface area contributed by atoms with Crippen LogP contribution in [0, 0.1) is 11.6 Å². The number of hydrogen-bond acceptors (Lipinski definition) is 3. The molecule has 0 aliphatic carbocycles. The molecule has 5 aromatic rings. The number of aromatic amines is 1. The van der Waals surface area contributed by atoms with Gasteiger partial charge in [0.2, 0.25) is 0 Å². The minimum Gasteiger partial charge on any atom is -0.360 e. The molecule has 4 nitrogen and oxygen atoms in total. The fraction of sp³-hybridized carbons (Fsp3) is 0. The van der Waals surface area contributed by atoms with Crippen LogP contribution >= 0.6 is 0 Å². The Hall–Kier alpha value is -3.80. The minimum atomic E-state index is -0.927. The van der Waals surface area contributed by atoms with Crippen LogP contribution < -0.4 is 0 Å². The van der Waals surface area contributed by atoms with Crippen LogP contribution in [0.5, 0.6) is 0 Å². The molecule has 0 bridgehead atoms. The lowest BCUT2D eigenvalue weighted by molar-refractivity contribution is 0.432. The van der Waals surface area contributed by atoms with Crippen molar-refractivity contribution in [2.24, 2.45) is 0 Å². The van der Waals surface area contributed by atoms with Crippen molar-refractivity contribution in [2.75, 3.05) is 0 Å². The lowest BCUT2D eigenvalue weighted by atomic mass is 9.99. The Morgan fingerprint density at radius 1 is 0.857 bits per heavy atom. The summed E-state index contributed by atoms with van der Waals surface area (Å²) in [6.07, 6.45) is 6.65. The van der Waals surface area contributed by atoms with E-state index in [9.17, 15) is 8.78 Å². The summed E-state index contributed by atoms with van der Waals surface area (Å²) < 4.78 is 33.5. The quantitative estimate of drug-likeness (QED) is 0.433. The van der Waals surface area contributed by atoms with Gasteiger partial charge in [-0.05, 0) is 41.5 Å². The van der Waals surface area contributed by atoms with Crippen LogP contribution in [0.15, 0.2) is 77.8 Å². The highest BCUT2D eigenvalue weighted by Gasteiger charge is 2.20. The normalized spacial score (nSPS) is 11.2. The maximum Gasteiger partial charge on any atom is 0.176 e. The van der Waals surface area contributed by atoms with Crippen LogP contribution in [0.3, 0.4) is 0 Å². The van der Waals surface area contributed by atoms with Crippen LogP contribution in [0.4, 0.5) is 8.78 Å². The van der Waals surface area contributed by atoms with Gasteiger partial charge in [0.15, 0.2) is 17.4 Å². The van der Waals surface area contributed by atoms with E-state index in [0.29, 0.717) is 11.3 Å². The Balaban J connectivity index is 1.69. The topological polar surface area (TPSA) is 54.7 Å². The molecule has 0 aliphatic rings. The third kappa shape index (κ3) is 2.58. The molecule has 0 saturated carbocycles. The zero-order valence-corrected chi connectivity index (χ0v) is 14.5. The van der Waals surface area contributed by atoms with Gasteiger partial charge < -0.3 is 9.51 Å². The average Bonchev–Trinajstić information content (AvgIpc) is 3.37. The van der Waals surface area contributed by atoms with E-state index in [1.165, 1.54) is 18.3 Å². The molecule has 0 radical (unpaired) electrons. The molecule has 0 amide bonds. The summed E-state index contributed by atoms with van der Waals surface area (Å²) in [4.78, 5) is 7.24. The number of hydrogen-bond donors (Lipinski definition) is 1. The number of halogens is 2. The van der Waals surface area contributed by atoms with Gasteiger partial charge in [0.05, 0.1) is 11.8 Å². The van der Waals surface area contributed by atoms with E-state index >= 15 is 0 Å². The number of aromatic nitrogens is 3. The molecule has 0 fully saturated rings. The van der Waals surface area contributed by atoms with Crippen LogP contribution in [-0.2, 0) is 0 Å². The monoisotopic (exact) mass is 373 g/mol. The van der Waals surface area contributed by atoms with Gasteiger partial charge in [-0.1, -0.05) is 23.4 Å². The van der Waals surface area contributed by atoms with Crippen molar-refractivity contribution in [3.8, 4) is 33.6 Å². The van der Waals surface area contributed by atoms with Gasteiger partial charge in [0.1, 0.15) is 0 Å². The van der Waals surface area contributed by atoms with E-state index in [2.05, 4.69) is 15.1 Å². The van der Waals surface area contributed by atoms with Gasteiger partial charge in [-0.3, -0.25) is 4.98 Å². The molecular formula is C22H13F2N3O. The average molecular weight is 373 g/mol. The van der Waals surface area contributed by atoms with Gasteiger partial charge in [-0.25, -0.2) is 8.78 Å². The van der Waals surface area contributed by atoms with Crippen molar-refractivity contribution < 1.29 is 13.3 Å². The Bertz CT molecular complexity index is 1290. The Labute approximate surface area is 158 Å². The number of fused-ring (bicyclic) bond motifs is 1. The molecule has 5 rings (SSSR count). The van der Waals surface area contributed by atoms with Gasteiger partial charge in [0, 0.05) is 40.6 Å². The van der Waals surface area contributed by atoms with E-state index in [4.69, 9.17) is 4.52 Å². The van der Waals surface area contributed by atoms with Crippen LogP contribution in [0.2, 0.25) is 0 Å². The minimum absolute atomic E-state index is 0.107. The predicted octanol–water partition coefficient (Wildman–Crippen LogP) is 5.83. The summed E-state index contributed by atoms with van der Waals surface area (Å²) in [6, 6.07) is 13.9. The molecule has 28 heavy (non-hydrogen) atoms. The third-order valence-electron chi connectivity index (χ3n) is 4.75. The molecule has 0 aliphatic heterocycles. The van der Waals surface area contributed by atoms with Crippen LogP contribution in [0.1, 0.15) is 0 Å². The zero-order chi connectivity index (χ0) is 19.1. The van der Waals surface area contributed by atoms with E-state index < -0.39 is 11.6 Å². The molecule has 3 heterocycles. The summed E-state index contributed by atoms with van der Waals surface area (Å²) in [5.74, 6) is -1.46. The van der Waals surface area contributed by atoms with E-state index in [0.717, 1.165) is 33.7 Å². The lowest BCUT2D eigenvalue weighted by Gasteiger charge is -2.05. The lowest BCUT2D eigenvalue weighted by Crippen LogP contribution is -1.89. The van der Waals surface area contributed by atoms with Gasteiger partial charge in [-0.2, -0.15) is 0 Å². The van der Waals surface area contributed by atoms with Crippen LogP contribution in [-0.4, -0.2) is 15.1 Å². The largest absolute Gasteiger partial charge is 0.360 e. The second-order valence-electron chi connectivity index (χ2n) is 6.37. The molecule has 3 aromatic heterocycles. The van der Waals surface area contributed by atoms with E-state index in [1.54, 1.807) is 18.6 Å². The fourth-order valence-corrected chi connectivity index (χ4v) is 3.37. The molecule has 136 valence electrons. The molecule has 1 N–H and O–H groups in total. The standard InChI is InChI=1S/C22H13F2N3O/c23-19-3-1-2-15(21(19)24)18-12-27-28-22(18)17-11-26-20-5-4-14(10-16(17)20)13-6-8-25-9-7-13/h1-12,26H. The first-order valence-corrected chi connectivity index (χ1v) is 8.63. The Morgan fingerprint density at radius 2 is 1.71 bits per heavy atom. The van der Waals surface area contributed by atoms with Crippen molar-refractivity contribution in [1.82, 2.24) is 15.1 Å². The summed E-state index contributed by atoms with van der Waals surface area (Å²) in [5.41, 5.74) is 4.16. The maximum absolute atomic E-state index is 14.3. The van der Waals surface area contributed by atoms with Crippen molar-refractivity contribution in [1.29, 1.82) is 0 Å². The van der Waals surface area contributed by atoms with Gasteiger partial charge in [0.25, 0.3) is 0 Å². The number of benzene rings is 2. The molecular weight excluding hydrogens is 360 g/mol. The predicted molar refractivity (Wildman–Crippen MR) is 102 cm³/mol. The van der Waals surface area contributed by atoms with Crippen molar-refractivity contribution in [2.45, 2.75) is 0 Å². The first-order chi connectivity index (χ1) is 13.7. The van der Waals surface area contributed by atoms with E-state index in [1.807, 2.05) is 30.3 Å². The molecule has 0 unspecified atom stereocenters. The highest BCUT2D eigenvalue weighted by molar-refractivity contribution is 5.99. The van der Waals surface area contributed by atoms with Crippen LogP contribution in [0.25, 0.3) is 44.5 Å². The summed E-state index contributed by atoms with van der Waals surface area (Å²) in [6.45, 7) is 0. The molecule has 0 atom stereocenters. The number of nitrogens with one attached hydrogen (secondary N) is 1. The smallest absolute Gasteiger partial charge is 0.176 e. The highest BCUT2D eigenvalue weighted by Crippen LogP contribution is 2.38. The van der Waals surface area contributed by atoms with Crippen molar-refractivity contribution >= 4 is 10.9 Å². The molecule has 6 heteroatoms.